The lowest BCUT2D eigenvalue weighted by molar-refractivity contribution is -0.160. The van der Waals surface area contributed by atoms with Gasteiger partial charge in [0.05, 0.1) is 25.2 Å². The Bertz CT molecular complexity index is 789. The SMILES string of the molecule is COC(=O)C1=C(S/C=C/NC(C)=O)C[C@@H]2[C@H]([C@H](C)OS(=O)(=O)[O-])C(=O)N12. The summed E-state index contributed by atoms with van der Waals surface area (Å²) in [5.74, 6) is -2.36. The van der Waals surface area contributed by atoms with Crippen LogP contribution in [0.25, 0.3) is 0 Å². The molecule has 0 aromatic heterocycles. The van der Waals surface area contributed by atoms with E-state index in [0.717, 1.165) is 11.8 Å². The van der Waals surface area contributed by atoms with Gasteiger partial charge < -0.3 is 19.5 Å². The molecule has 0 aliphatic carbocycles. The molecule has 1 fully saturated rings. The van der Waals surface area contributed by atoms with E-state index in [1.54, 1.807) is 0 Å². The second kappa shape index (κ2) is 7.78. The first-order valence-corrected chi connectivity index (χ1v) is 9.65. The van der Waals surface area contributed by atoms with Gasteiger partial charge in [0.25, 0.3) is 0 Å². The molecule has 10 nitrogen and oxygen atoms in total. The number of nitrogens with zero attached hydrogens (tertiary/aromatic N) is 1. The van der Waals surface area contributed by atoms with Gasteiger partial charge in [0.2, 0.25) is 22.2 Å². The van der Waals surface area contributed by atoms with Crippen LogP contribution in [-0.2, 0) is 33.7 Å². The van der Waals surface area contributed by atoms with E-state index in [1.165, 1.54) is 37.5 Å². The third kappa shape index (κ3) is 4.26. The van der Waals surface area contributed by atoms with E-state index in [2.05, 4.69) is 9.50 Å². The zero-order chi connectivity index (χ0) is 19.6. The van der Waals surface area contributed by atoms with Crippen LogP contribution in [0.2, 0.25) is 0 Å². The molecule has 2 rings (SSSR count). The molecule has 2 amide bonds. The number of hydrogen-bond donors (Lipinski definition) is 1. The standard InChI is InChI=1S/C14H18N2O8S2/c1-7(24-26(20,21)22)11-9-6-10(25-5-4-15-8(2)17)12(14(19)23-3)16(9)13(11)18/h4-5,7,9,11H,6H2,1-3H3,(H,15,17)(H,20,21,22)/p-1/b5-4+/t7-,9+,11-/m0/s1. The normalized spacial score (nSPS) is 23.7. The van der Waals surface area contributed by atoms with E-state index in [4.69, 9.17) is 4.74 Å². The zero-order valence-electron chi connectivity index (χ0n) is 14.1. The molecule has 2 aliphatic heterocycles. The first kappa shape index (κ1) is 20.4. The number of thioether (sulfide) groups is 1. The number of esters is 1. The predicted molar refractivity (Wildman–Crippen MR) is 88.6 cm³/mol. The molecule has 0 bridgehead atoms. The molecule has 144 valence electrons. The topological polar surface area (TPSA) is 142 Å². The van der Waals surface area contributed by atoms with Gasteiger partial charge in [0, 0.05) is 24.4 Å². The van der Waals surface area contributed by atoms with E-state index < -0.39 is 40.3 Å². The summed E-state index contributed by atoms with van der Waals surface area (Å²) in [4.78, 5) is 37.0. The summed E-state index contributed by atoms with van der Waals surface area (Å²) in [6.45, 7) is 2.65. The molecule has 12 heteroatoms. The molecule has 3 atom stereocenters. The fourth-order valence-electron chi connectivity index (χ4n) is 2.92. The number of fused-ring (bicyclic) bond motifs is 1. The van der Waals surface area contributed by atoms with E-state index in [9.17, 15) is 27.4 Å². The summed E-state index contributed by atoms with van der Waals surface area (Å²) < 4.78 is 41.4. The molecule has 1 saturated heterocycles. The number of rotatable bonds is 7. The number of hydrogen-bond acceptors (Lipinski definition) is 9. The minimum atomic E-state index is -4.95. The lowest BCUT2D eigenvalue weighted by Gasteiger charge is -2.45. The highest BCUT2D eigenvalue weighted by molar-refractivity contribution is 8.05. The van der Waals surface area contributed by atoms with Gasteiger partial charge >= 0.3 is 5.97 Å². The van der Waals surface area contributed by atoms with Crippen molar-refractivity contribution in [3.8, 4) is 0 Å². The maximum atomic E-state index is 12.4. The van der Waals surface area contributed by atoms with Crippen molar-refractivity contribution in [3.05, 3.63) is 22.2 Å². The number of carbonyl (C=O) groups excluding carboxylic acids is 3. The molecule has 0 aromatic carbocycles. The Balaban J connectivity index is 2.18. The number of amides is 2. The first-order chi connectivity index (χ1) is 12.1. The minimum absolute atomic E-state index is 0.0633. The van der Waals surface area contributed by atoms with Gasteiger partial charge in [0.15, 0.2) is 0 Å². The Morgan fingerprint density at radius 1 is 1.46 bits per heavy atom. The van der Waals surface area contributed by atoms with Crippen LogP contribution in [0.4, 0.5) is 0 Å². The summed E-state index contributed by atoms with van der Waals surface area (Å²) in [7, 11) is -3.78. The Morgan fingerprint density at radius 3 is 2.65 bits per heavy atom. The molecule has 0 radical (unpaired) electrons. The third-order valence-electron chi connectivity index (χ3n) is 3.89. The summed E-state index contributed by atoms with van der Waals surface area (Å²) in [5.41, 5.74) is 0.0633. The van der Waals surface area contributed by atoms with Crippen molar-refractivity contribution in [1.82, 2.24) is 10.2 Å². The van der Waals surface area contributed by atoms with Crippen LogP contribution in [0.5, 0.6) is 0 Å². The summed E-state index contributed by atoms with van der Waals surface area (Å²) >= 11 is 1.12. The maximum absolute atomic E-state index is 12.4. The van der Waals surface area contributed by atoms with Crippen LogP contribution in [-0.4, -0.2) is 54.9 Å². The summed E-state index contributed by atoms with van der Waals surface area (Å²) in [6, 6.07) is -0.509. The quantitative estimate of drug-likeness (QED) is 0.264. The number of methoxy groups -OCH3 is 1. The fraction of sp³-hybridized carbons (Fsp3) is 0.500. The van der Waals surface area contributed by atoms with Crippen molar-refractivity contribution in [2.24, 2.45) is 5.92 Å². The van der Waals surface area contributed by atoms with Crippen LogP contribution in [0.3, 0.4) is 0 Å². The number of β-lactam (4-membered cyclic amide) rings is 1. The number of carbonyl (C=O) groups is 3. The van der Waals surface area contributed by atoms with Crippen molar-refractivity contribution in [2.45, 2.75) is 32.4 Å². The lowest BCUT2D eigenvalue weighted by Crippen LogP contribution is -2.62. The van der Waals surface area contributed by atoms with Crippen LogP contribution in [0, 0.1) is 5.92 Å². The van der Waals surface area contributed by atoms with Gasteiger partial charge in [-0.2, -0.15) is 0 Å². The molecular formula is C14H17N2O8S2-. The predicted octanol–water partition coefficient (Wildman–Crippen LogP) is -0.192. The van der Waals surface area contributed by atoms with Crippen molar-refractivity contribution < 1.29 is 36.3 Å². The van der Waals surface area contributed by atoms with Crippen molar-refractivity contribution in [1.29, 1.82) is 0 Å². The molecule has 0 unspecified atom stereocenters. The molecule has 0 aromatic rings. The average molecular weight is 405 g/mol. The fourth-order valence-corrected chi connectivity index (χ4v) is 4.27. The Morgan fingerprint density at radius 2 is 2.12 bits per heavy atom. The van der Waals surface area contributed by atoms with Gasteiger partial charge in [-0.3, -0.25) is 13.8 Å². The van der Waals surface area contributed by atoms with Crippen LogP contribution < -0.4 is 5.32 Å². The molecule has 0 saturated carbocycles. The largest absolute Gasteiger partial charge is 0.726 e. The van der Waals surface area contributed by atoms with Gasteiger partial charge in [-0.1, -0.05) is 11.8 Å². The monoisotopic (exact) mass is 405 g/mol. The summed E-state index contributed by atoms with van der Waals surface area (Å²) in [6.07, 6.45) is 0.506. The van der Waals surface area contributed by atoms with E-state index >= 15 is 0 Å². The second-order valence-corrected chi connectivity index (χ2v) is 7.61. The lowest BCUT2D eigenvalue weighted by atomic mass is 9.83. The number of ether oxygens (including phenoxy) is 1. The summed E-state index contributed by atoms with van der Waals surface area (Å²) in [5, 5.41) is 3.98. The third-order valence-corrected chi connectivity index (χ3v) is 5.34. The van der Waals surface area contributed by atoms with Gasteiger partial charge in [-0.05, 0) is 12.3 Å². The van der Waals surface area contributed by atoms with E-state index in [1.807, 2.05) is 0 Å². The maximum Gasteiger partial charge on any atom is 0.355 e. The van der Waals surface area contributed by atoms with Crippen LogP contribution in [0.15, 0.2) is 22.2 Å². The van der Waals surface area contributed by atoms with Gasteiger partial charge in [-0.25, -0.2) is 13.2 Å². The highest BCUT2D eigenvalue weighted by atomic mass is 32.3. The molecule has 0 spiro atoms. The highest BCUT2D eigenvalue weighted by Gasteiger charge is 2.57. The van der Waals surface area contributed by atoms with Crippen molar-refractivity contribution in [3.63, 3.8) is 0 Å². The van der Waals surface area contributed by atoms with Crippen LogP contribution in [0.1, 0.15) is 20.3 Å². The Kier molecular flexibility index (Phi) is 6.11. The zero-order valence-corrected chi connectivity index (χ0v) is 15.8. The Labute approximate surface area is 154 Å². The van der Waals surface area contributed by atoms with E-state index in [0.29, 0.717) is 4.91 Å². The molecule has 1 N–H and O–H groups in total. The van der Waals surface area contributed by atoms with Crippen LogP contribution >= 0.6 is 11.8 Å². The van der Waals surface area contributed by atoms with Gasteiger partial charge in [0.1, 0.15) is 5.70 Å². The van der Waals surface area contributed by atoms with Crippen molar-refractivity contribution in [2.75, 3.05) is 7.11 Å². The van der Waals surface area contributed by atoms with Crippen molar-refractivity contribution >= 4 is 39.9 Å². The second-order valence-electron chi connectivity index (χ2n) is 5.60. The first-order valence-electron chi connectivity index (χ1n) is 7.44. The van der Waals surface area contributed by atoms with E-state index in [-0.39, 0.29) is 18.0 Å². The number of nitrogens with one attached hydrogen (secondary N) is 1. The average Bonchev–Trinajstić information content (AvgIpc) is 2.83. The highest BCUT2D eigenvalue weighted by Crippen LogP contribution is 2.48. The van der Waals surface area contributed by atoms with Gasteiger partial charge in [-0.15, -0.1) is 0 Å². The molecule has 26 heavy (non-hydrogen) atoms. The molecule has 2 aliphatic rings. The smallest absolute Gasteiger partial charge is 0.355 e. The Hall–Kier alpha value is -1.89. The molecular weight excluding hydrogens is 388 g/mol. The minimum Gasteiger partial charge on any atom is -0.726 e. The molecule has 2 heterocycles.